The molecule has 0 aliphatic heterocycles. The van der Waals surface area contributed by atoms with Gasteiger partial charge in [0, 0.05) is 7.05 Å². The number of halogens is 1. The molecule has 6 nitrogen and oxygen atoms in total. The summed E-state index contributed by atoms with van der Waals surface area (Å²) in [5, 5.41) is 10.2. The largest absolute Gasteiger partial charge is 0.502 e. The van der Waals surface area contributed by atoms with Crippen molar-refractivity contribution in [2.24, 2.45) is 0 Å². The number of ether oxygens (including phenoxy) is 2. The molecule has 1 N–H and O–H groups in total. The average molecular weight is 464 g/mol. The van der Waals surface area contributed by atoms with Crippen molar-refractivity contribution in [3.05, 3.63) is 82.6 Å². The van der Waals surface area contributed by atoms with E-state index in [1.165, 1.54) is 26.4 Å². The van der Waals surface area contributed by atoms with Gasteiger partial charge in [-0.3, -0.25) is 4.79 Å². The molecule has 0 radical (unpaired) electrons. The SMILES string of the molecule is COc1cc(C=C2C(C)=C(CC(=O)N(C)Cc3ccco3)c3cc(F)ccc32)cc(OC)c1O. The summed E-state index contributed by atoms with van der Waals surface area (Å²) in [7, 11) is 4.65. The number of aromatic hydroxyl groups is 1. The smallest absolute Gasteiger partial charge is 0.227 e. The highest BCUT2D eigenvalue weighted by atomic mass is 19.1. The van der Waals surface area contributed by atoms with Gasteiger partial charge in [-0.2, -0.15) is 0 Å². The fraction of sp³-hybridized carbons (Fsp3) is 0.222. The molecule has 1 amide bonds. The summed E-state index contributed by atoms with van der Waals surface area (Å²) in [4.78, 5) is 14.6. The van der Waals surface area contributed by atoms with Gasteiger partial charge in [-0.1, -0.05) is 6.07 Å². The third kappa shape index (κ3) is 4.41. The molecule has 34 heavy (non-hydrogen) atoms. The standard InChI is InChI=1S/C27H26FNO5/c1-16-21(10-17-11-24(32-3)27(31)25(12-17)33-4)20-8-7-18(28)13-23(20)22(16)14-26(30)29(2)15-19-6-5-9-34-19/h5-13,31H,14-15H2,1-4H3. The van der Waals surface area contributed by atoms with Crippen molar-refractivity contribution >= 4 is 23.1 Å². The summed E-state index contributed by atoms with van der Waals surface area (Å²) in [6, 6.07) is 11.6. The van der Waals surface area contributed by atoms with Gasteiger partial charge in [0.15, 0.2) is 11.5 Å². The van der Waals surface area contributed by atoms with Gasteiger partial charge in [0.2, 0.25) is 11.7 Å². The summed E-state index contributed by atoms with van der Waals surface area (Å²) in [6.45, 7) is 2.28. The quantitative estimate of drug-likeness (QED) is 0.500. The highest BCUT2D eigenvalue weighted by Crippen LogP contribution is 2.45. The predicted octanol–water partition coefficient (Wildman–Crippen LogP) is 5.52. The van der Waals surface area contributed by atoms with Crippen LogP contribution in [0.5, 0.6) is 17.2 Å². The molecule has 3 aromatic rings. The zero-order valence-corrected chi connectivity index (χ0v) is 19.5. The Morgan fingerprint density at radius 2 is 1.82 bits per heavy atom. The second kappa shape index (κ2) is 9.47. The van der Waals surface area contributed by atoms with E-state index in [2.05, 4.69) is 0 Å². The number of hydrogen-bond donors (Lipinski definition) is 1. The fourth-order valence-corrected chi connectivity index (χ4v) is 4.16. The molecule has 0 atom stereocenters. The fourth-order valence-electron chi connectivity index (χ4n) is 4.16. The van der Waals surface area contributed by atoms with E-state index in [-0.39, 0.29) is 35.4 Å². The van der Waals surface area contributed by atoms with Gasteiger partial charge >= 0.3 is 0 Å². The molecular weight excluding hydrogens is 437 g/mol. The molecular formula is C27H26FNO5. The molecule has 0 saturated carbocycles. The minimum Gasteiger partial charge on any atom is -0.502 e. The number of rotatable bonds is 7. The molecule has 1 aliphatic rings. The Balaban J connectivity index is 1.72. The molecule has 4 rings (SSSR count). The van der Waals surface area contributed by atoms with E-state index < -0.39 is 0 Å². The van der Waals surface area contributed by atoms with Gasteiger partial charge in [0.1, 0.15) is 11.6 Å². The van der Waals surface area contributed by atoms with Crippen LogP contribution in [0.2, 0.25) is 0 Å². The Morgan fingerprint density at radius 1 is 1.12 bits per heavy atom. The van der Waals surface area contributed by atoms with Crippen molar-refractivity contribution in [2.45, 2.75) is 19.9 Å². The number of amides is 1. The Labute approximate surface area is 197 Å². The van der Waals surface area contributed by atoms with E-state index in [4.69, 9.17) is 13.9 Å². The van der Waals surface area contributed by atoms with Gasteiger partial charge in [-0.15, -0.1) is 0 Å². The van der Waals surface area contributed by atoms with Crippen LogP contribution in [-0.2, 0) is 11.3 Å². The lowest BCUT2D eigenvalue weighted by Gasteiger charge is -2.17. The maximum atomic E-state index is 14.2. The molecule has 0 fully saturated rings. The minimum absolute atomic E-state index is 0.0841. The molecule has 0 saturated heterocycles. The summed E-state index contributed by atoms with van der Waals surface area (Å²) in [6.07, 6.45) is 3.61. The monoisotopic (exact) mass is 463 g/mol. The molecule has 0 bridgehead atoms. The van der Waals surface area contributed by atoms with Crippen LogP contribution in [0.4, 0.5) is 4.39 Å². The Morgan fingerprint density at radius 3 is 2.44 bits per heavy atom. The third-order valence-electron chi connectivity index (χ3n) is 5.99. The van der Waals surface area contributed by atoms with Crippen molar-refractivity contribution in [2.75, 3.05) is 21.3 Å². The number of hydrogen-bond acceptors (Lipinski definition) is 5. The van der Waals surface area contributed by atoms with Crippen LogP contribution in [0, 0.1) is 5.82 Å². The predicted molar refractivity (Wildman–Crippen MR) is 128 cm³/mol. The number of nitrogens with zero attached hydrogens (tertiary/aromatic N) is 1. The highest BCUT2D eigenvalue weighted by Gasteiger charge is 2.27. The Bertz CT molecular complexity index is 1270. The molecule has 1 aliphatic carbocycles. The zero-order valence-electron chi connectivity index (χ0n) is 19.5. The first-order valence-corrected chi connectivity index (χ1v) is 10.8. The van der Waals surface area contributed by atoms with E-state index in [9.17, 15) is 14.3 Å². The van der Waals surface area contributed by atoms with Crippen LogP contribution >= 0.6 is 0 Å². The number of phenolic OH excluding ortho intramolecular Hbond substituents is 1. The molecule has 2 aromatic carbocycles. The van der Waals surface area contributed by atoms with Gasteiger partial charge in [0.05, 0.1) is 33.4 Å². The normalized spacial score (nSPS) is 13.9. The second-order valence-electron chi connectivity index (χ2n) is 8.13. The van der Waals surface area contributed by atoms with E-state index in [1.807, 2.05) is 19.1 Å². The first kappa shape index (κ1) is 23.2. The first-order valence-electron chi connectivity index (χ1n) is 10.8. The lowest BCUT2D eigenvalue weighted by molar-refractivity contribution is -0.129. The van der Waals surface area contributed by atoms with Crippen LogP contribution in [0.3, 0.4) is 0 Å². The number of carbonyl (C=O) groups is 1. The highest BCUT2D eigenvalue weighted by molar-refractivity contribution is 6.08. The number of furan rings is 1. The number of allylic oxidation sites excluding steroid dienone is 2. The lowest BCUT2D eigenvalue weighted by atomic mass is 10.00. The van der Waals surface area contributed by atoms with Crippen LogP contribution in [0.1, 0.15) is 35.8 Å². The van der Waals surface area contributed by atoms with Gasteiger partial charge in [-0.25, -0.2) is 4.39 Å². The number of phenols is 1. The first-order chi connectivity index (χ1) is 16.3. The van der Waals surface area contributed by atoms with Crippen molar-refractivity contribution in [3.63, 3.8) is 0 Å². The van der Waals surface area contributed by atoms with Crippen molar-refractivity contribution in [1.82, 2.24) is 4.90 Å². The van der Waals surface area contributed by atoms with Crippen molar-refractivity contribution < 1.29 is 28.2 Å². The summed E-state index contributed by atoms with van der Waals surface area (Å²) in [5.41, 5.74) is 4.78. The van der Waals surface area contributed by atoms with Crippen molar-refractivity contribution in [1.29, 1.82) is 0 Å². The Kier molecular flexibility index (Phi) is 6.45. The van der Waals surface area contributed by atoms with Crippen LogP contribution < -0.4 is 9.47 Å². The average Bonchev–Trinajstić information content (AvgIpc) is 3.42. The van der Waals surface area contributed by atoms with Gasteiger partial charge in [0.25, 0.3) is 0 Å². The van der Waals surface area contributed by atoms with Crippen LogP contribution in [0.15, 0.2) is 58.7 Å². The molecule has 1 aromatic heterocycles. The van der Waals surface area contributed by atoms with Gasteiger partial charge in [-0.05, 0) is 82.8 Å². The van der Waals surface area contributed by atoms with E-state index in [0.29, 0.717) is 17.9 Å². The number of carbonyl (C=O) groups excluding carboxylic acids is 1. The lowest BCUT2D eigenvalue weighted by Crippen LogP contribution is -2.26. The third-order valence-corrected chi connectivity index (χ3v) is 5.99. The Hall–Kier alpha value is -4.00. The van der Waals surface area contributed by atoms with Gasteiger partial charge < -0.3 is 23.9 Å². The molecule has 7 heteroatoms. The zero-order chi connectivity index (χ0) is 24.4. The van der Waals surface area contributed by atoms with Crippen LogP contribution in [0.25, 0.3) is 17.2 Å². The number of fused-ring (bicyclic) bond motifs is 1. The number of methoxy groups -OCH3 is 2. The molecule has 0 unspecified atom stereocenters. The van der Waals surface area contributed by atoms with E-state index in [0.717, 1.165) is 27.8 Å². The minimum atomic E-state index is -0.366. The molecule has 176 valence electrons. The molecule has 1 heterocycles. The van der Waals surface area contributed by atoms with Crippen molar-refractivity contribution in [3.8, 4) is 17.2 Å². The number of benzene rings is 2. The van der Waals surface area contributed by atoms with Crippen LogP contribution in [-0.4, -0.2) is 37.2 Å². The second-order valence-corrected chi connectivity index (χ2v) is 8.13. The van der Waals surface area contributed by atoms with E-state index in [1.54, 1.807) is 42.5 Å². The summed E-state index contributed by atoms with van der Waals surface area (Å²) < 4.78 is 30.1. The molecule has 0 spiro atoms. The maximum Gasteiger partial charge on any atom is 0.227 e. The maximum absolute atomic E-state index is 14.2. The summed E-state index contributed by atoms with van der Waals surface area (Å²) in [5.74, 6) is 0.694. The topological polar surface area (TPSA) is 72.1 Å². The summed E-state index contributed by atoms with van der Waals surface area (Å²) >= 11 is 0. The van der Waals surface area contributed by atoms with E-state index >= 15 is 0 Å².